The van der Waals surface area contributed by atoms with Gasteiger partial charge in [0.15, 0.2) is 23.3 Å². The van der Waals surface area contributed by atoms with Crippen LogP contribution in [0.5, 0.6) is 0 Å². The van der Waals surface area contributed by atoms with Crippen LogP contribution >= 0.6 is 128 Å². The highest BCUT2D eigenvalue weighted by molar-refractivity contribution is 6.48. The summed E-state index contributed by atoms with van der Waals surface area (Å²) < 4.78 is 63.9. The minimum Gasteiger partial charge on any atom is -0.397 e. The second-order valence-electron chi connectivity index (χ2n) is 33.8. The van der Waals surface area contributed by atoms with E-state index >= 15 is 8.78 Å². The van der Waals surface area contributed by atoms with Gasteiger partial charge in [0.2, 0.25) is 17.7 Å². The number of carbonyl (C=O) groups is 3. The molecule has 0 unspecified atom stereocenters. The molecule has 0 radical (unpaired) electrons. The molecular formula is C96H84Cl11F4N21O6. The molecule has 27 nitrogen and oxygen atoms in total. The highest BCUT2D eigenvalue weighted by Crippen LogP contribution is 2.52. The van der Waals surface area contributed by atoms with Crippen molar-refractivity contribution < 1.29 is 31.9 Å². The number of carbonyl (C=O) groups excluding carboxylic acids is 3. The fourth-order valence-corrected chi connectivity index (χ4v) is 20.2. The molecule has 3 fully saturated rings. The van der Waals surface area contributed by atoms with Gasteiger partial charge in [0.05, 0.1) is 131 Å². The Morgan fingerprint density at radius 1 is 0.399 bits per heavy atom. The van der Waals surface area contributed by atoms with Gasteiger partial charge in [-0.3, -0.25) is 57.4 Å². The average Bonchev–Trinajstić information content (AvgIpc) is 0.726. The smallest absolute Gasteiger partial charge is 0.276 e. The van der Waals surface area contributed by atoms with Gasteiger partial charge in [-0.05, 0) is 131 Å². The molecule has 3 saturated heterocycles. The number of pyridine rings is 9. The van der Waals surface area contributed by atoms with Crippen molar-refractivity contribution in [2.45, 2.75) is 119 Å². The van der Waals surface area contributed by atoms with Crippen LogP contribution in [0.4, 0.5) is 51.7 Å². The van der Waals surface area contributed by atoms with Crippen LogP contribution in [0.1, 0.15) is 131 Å². The summed E-state index contributed by atoms with van der Waals surface area (Å²) in [4.78, 5) is 119. The minimum atomic E-state index is -1.17. The van der Waals surface area contributed by atoms with Crippen molar-refractivity contribution in [2.75, 3.05) is 90.8 Å². The molecule has 12 heterocycles. The van der Waals surface area contributed by atoms with Crippen LogP contribution in [0, 0.1) is 78.0 Å². The average molecular weight is 2090 g/mol. The number of benzene rings is 3. The number of fused-ring (bicyclic) bond motifs is 3. The van der Waals surface area contributed by atoms with E-state index in [-0.39, 0.29) is 183 Å². The molecule has 0 saturated carbocycles. The molecule has 0 aliphatic carbocycles. The first kappa shape index (κ1) is 103. The lowest BCUT2D eigenvalue weighted by Crippen LogP contribution is -2.54. The molecule has 15 rings (SSSR count). The van der Waals surface area contributed by atoms with Crippen LogP contribution in [0.3, 0.4) is 0 Å². The highest BCUT2D eigenvalue weighted by Gasteiger charge is 2.40. The maximum atomic E-state index is 15.6. The molecule has 3 amide bonds. The Labute approximate surface area is 843 Å². The lowest BCUT2D eigenvalue weighted by molar-refractivity contribution is -0.129. The van der Waals surface area contributed by atoms with Crippen LogP contribution in [-0.4, -0.2) is 153 Å². The standard InChI is InChI=1S/2C32H28Cl4FN7O2.C32H28Cl3F2N7O2/c2*1-6-20(45)43-10-9-42(13-16(43)5)30-17-11-19(33)28(21-22(34)23(35)25(37)24(36)26(21)39)41-31(17)44(32(46)18(30)12-38)29-15(4)7-8-40-27(29)14(2)3;1-6-20(45)43-10-9-42(13-16(43)5)30-17-11-19(33)28(21-22(34)25(37)23(35)26(39)24(21)36)41-31(17)44(32(46)18(30)12-38)29-15(4)7-8-40-27(29)14(2)3/h3*6-8,11,14,16H,1,9-10,13,39H2,2-5H3/t3*16-/m111/s1. The second-order valence-corrected chi connectivity index (χ2v) is 38.0. The highest BCUT2D eigenvalue weighted by atomic mass is 35.5. The summed E-state index contributed by atoms with van der Waals surface area (Å²) >= 11 is 70.3. The van der Waals surface area contributed by atoms with E-state index in [1.54, 1.807) is 70.5 Å². The van der Waals surface area contributed by atoms with Gasteiger partial charge in [0.25, 0.3) is 16.7 Å². The number of nitrogens with zero attached hydrogens (tertiary/aromatic N) is 18. The van der Waals surface area contributed by atoms with Gasteiger partial charge >= 0.3 is 0 Å². The largest absolute Gasteiger partial charge is 0.397 e. The molecule has 0 spiro atoms. The Kier molecular flexibility index (Phi) is 30.9. The van der Waals surface area contributed by atoms with Gasteiger partial charge < -0.3 is 46.6 Å². The molecule has 12 aromatic rings. The maximum Gasteiger partial charge on any atom is 0.276 e. The van der Waals surface area contributed by atoms with Gasteiger partial charge in [-0.2, -0.15) is 15.8 Å². The Hall–Kier alpha value is -12.0. The number of aryl methyl sites for hydroxylation is 3. The van der Waals surface area contributed by atoms with Crippen LogP contribution in [-0.2, 0) is 14.4 Å². The molecule has 9 aromatic heterocycles. The Balaban J connectivity index is 0.000000175. The fourth-order valence-electron chi connectivity index (χ4n) is 17.5. The van der Waals surface area contributed by atoms with E-state index in [2.05, 4.69) is 57.9 Å². The summed E-state index contributed by atoms with van der Waals surface area (Å²) in [5.74, 6) is -5.41. The molecule has 714 valence electrons. The molecule has 6 N–H and O–H groups in total. The number of anilines is 6. The number of halogens is 15. The predicted molar refractivity (Wildman–Crippen MR) is 541 cm³/mol. The Morgan fingerprint density at radius 3 is 0.913 bits per heavy atom. The van der Waals surface area contributed by atoms with E-state index in [0.29, 0.717) is 112 Å². The Bertz CT molecular complexity index is 6780. The summed E-state index contributed by atoms with van der Waals surface area (Å²) in [6.45, 7) is 35.9. The first-order valence-corrected chi connectivity index (χ1v) is 46.7. The van der Waals surface area contributed by atoms with E-state index in [4.69, 9.17) is 155 Å². The van der Waals surface area contributed by atoms with E-state index in [1.807, 2.05) is 90.9 Å². The molecule has 138 heavy (non-hydrogen) atoms. The number of nitrogens with two attached hydrogens (primary N) is 3. The van der Waals surface area contributed by atoms with Crippen molar-refractivity contribution in [3.63, 3.8) is 0 Å². The Morgan fingerprint density at radius 2 is 0.659 bits per heavy atom. The number of piperazine rings is 3. The third kappa shape index (κ3) is 18.2. The first-order valence-electron chi connectivity index (χ1n) is 42.6. The lowest BCUT2D eigenvalue weighted by Gasteiger charge is -2.41. The van der Waals surface area contributed by atoms with E-state index in [9.17, 15) is 53.3 Å². The summed E-state index contributed by atoms with van der Waals surface area (Å²) in [7, 11) is 0. The number of hydrogen-bond acceptors (Lipinski definition) is 21. The summed E-state index contributed by atoms with van der Waals surface area (Å²) in [6.07, 6.45) is 8.63. The van der Waals surface area contributed by atoms with Gasteiger partial charge in [0, 0.05) is 123 Å². The number of rotatable bonds is 15. The minimum absolute atomic E-state index is 0.00770. The van der Waals surface area contributed by atoms with Crippen LogP contribution in [0.25, 0.3) is 83.9 Å². The zero-order valence-electron chi connectivity index (χ0n) is 75.8. The molecule has 42 heteroatoms. The SMILES string of the molecule is C=CC(=O)N1CCN(c2c(C#N)c(=O)n(-c3c(C)ccnc3C(C)C)c3nc(-c4c(F)c(N)c(Cl)c(F)c4Cl)c(Cl)cc23)C[C@H]1C.C=CC(=O)N1CCN(c2c(C#N)c(=O)n(-c3c(C)ccnc3C(C)C)c3nc(-c4c(N)c(Cl)c(F)c(Cl)c4Cl)c(Cl)cc23)C[C@H]1C.C=CC(=O)N1CCN(c2c(C#N)c(=O)n(-c3c(C)ccnc3C(C)C)c3nc(-c4c(N)c(Cl)c(F)c(Cl)c4Cl)c(Cl)cc23)C[C@H]1C. The van der Waals surface area contributed by atoms with E-state index in [0.717, 1.165) is 0 Å². The number of amides is 3. The summed E-state index contributed by atoms with van der Waals surface area (Å²) in [6, 6.07) is 15.2. The van der Waals surface area contributed by atoms with Gasteiger partial charge in [-0.15, -0.1) is 0 Å². The van der Waals surface area contributed by atoms with Crippen LogP contribution in [0.15, 0.2) is 107 Å². The molecule has 3 aliphatic heterocycles. The monoisotopic (exact) mass is 2090 g/mol. The topological polar surface area (TPSA) is 363 Å². The third-order valence-corrected chi connectivity index (χ3v) is 28.1. The maximum absolute atomic E-state index is 15.6. The van der Waals surface area contributed by atoms with Crippen LogP contribution < -0.4 is 48.6 Å². The van der Waals surface area contributed by atoms with Crippen molar-refractivity contribution in [1.29, 1.82) is 15.8 Å². The van der Waals surface area contributed by atoms with Gasteiger partial charge in [0.1, 0.15) is 66.9 Å². The second kappa shape index (κ2) is 41.2. The van der Waals surface area contributed by atoms with E-state index < -0.39 is 81.3 Å². The number of aromatic nitrogens is 9. The molecule has 3 atom stereocenters. The number of hydrogen-bond donors (Lipinski definition) is 3. The zero-order valence-corrected chi connectivity index (χ0v) is 84.1. The van der Waals surface area contributed by atoms with Crippen molar-refractivity contribution in [2.24, 2.45) is 0 Å². The van der Waals surface area contributed by atoms with Crippen molar-refractivity contribution in [3.8, 4) is 69.0 Å². The third-order valence-electron chi connectivity index (χ3n) is 24.2. The summed E-state index contributed by atoms with van der Waals surface area (Å²) in [5.41, 5.74) is 19.8. The van der Waals surface area contributed by atoms with Crippen molar-refractivity contribution in [1.82, 2.24) is 58.3 Å². The lowest BCUT2D eigenvalue weighted by atomic mass is 10.0. The first-order chi connectivity index (χ1) is 65.2. The molecule has 3 aromatic carbocycles. The van der Waals surface area contributed by atoms with Crippen molar-refractivity contribution in [3.05, 3.63) is 253 Å². The summed E-state index contributed by atoms with van der Waals surface area (Å²) in [5, 5.41) is 28.5. The number of nitriles is 3. The predicted octanol–water partition coefficient (Wildman–Crippen LogP) is 21.4. The molecule has 3 aliphatic rings. The quantitative estimate of drug-likeness (QED) is 0.0282. The number of nitrogen functional groups attached to an aromatic ring is 3. The van der Waals surface area contributed by atoms with Crippen LogP contribution in [0.2, 0.25) is 55.2 Å². The van der Waals surface area contributed by atoms with Gasteiger partial charge in [-0.25, -0.2) is 32.5 Å². The van der Waals surface area contributed by atoms with Gasteiger partial charge in [-0.1, -0.05) is 189 Å². The molecular weight excluding hydrogens is 2010 g/mol. The zero-order chi connectivity index (χ0) is 101. The van der Waals surface area contributed by atoms with E-state index in [1.165, 1.54) is 38.0 Å². The van der Waals surface area contributed by atoms with Crippen molar-refractivity contribution >= 4 is 213 Å². The molecule has 0 bridgehead atoms. The normalized spacial score (nSPS) is 15.0. The fraction of sp³-hybridized carbons (Fsp3) is 0.281.